The molecule has 4 nitrogen and oxygen atoms in total. The Hall–Kier alpha value is -1.53. The summed E-state index contributed by atoms with van der Waals surface area (Å²) in [4.78, 5) is 21.5. The summed E-state index contributed by atoms with van der Waals surface area (Å²) in [6, 6.07) is 17.9. The lowest BCUT2D eigenvalue weighted by atomic mass is 10.1. The predicted octanol–water partition coefficient (Wildman–Crippen LogP) is 5.66. The van der Waals surface area contributed by atoms with Crippen LogP contribution in [0.3, 0.4) is 0 Å². The van der Waals surface area contributed by atoms with E-state index in [0.717, 1.165) is 27.3 Å². The Morgan fingerprint density at radius 1 is 1.07 bits per heavy atom. The van der Waals surface area contributed by atoms with Crippen molar-refractivity contribution in [3.8, 4) is 0 Å². The van der Waals surface area contributed by atoms with Crippen molar-refractivity contribution in [1.82, 2.24) is 9.88 Å². The number of hydrogen-bond acceptors (Lipinski definition) is 4. The molecule has 1 aliphatic rings. The number of anilines is 1. The largest absolute Gasteiger partial charge is 0.323 e. The average Bonchev–Trinajstić information content (AvgIpc) is 3.16. The molecule has 0 saturated carbocycles. The van der Waals surface area contributed by atoms with E-state index in [-0.39, 0.29) is 5.91 Å². The van der Waals surface area contributed by atoms with E-state index in [1.807, 2.05) is 59.5 Å². The first kappa shape index (κ1) is 20.7. The van der Waals surface area contributed by atoms with E-state index in [1.165, 1.54) is 0 Å². The Morgan fingerprint density at radius 3 is 2.52 bits per heavy atom. The van der Waals surface area contributed by atoms with E-state index in [0.29, 0.717) is 25.9 Å². The molecule has 1 amide bonds. The molecule has 0 bridgehead atoms. The zero-order chi connectivity index (χ0) is 20.4. The maximum Gasteiger partial charge on any atom is 0.228 e. The van der Waals surface area contributed by atoms with E-state index in [9.17, 15) is 4.79 Å². The molecule has 2 heterocycles. The van der Waals surface area contributed by atoms with Crippen molar-refractivity contribution in [3.05, 3.63) is 60.2 Å². The molecule has 1 aromatic heterocycles. The first-order valence-corrected chi connectivity index (χ1v) is 11.4. The lowest BCUT2D eigenvalue weighted by molar-refractivity contribution is -0.134. The Morgan fingerprint density at radius 2 is 1.79 bits per heavy atom. The molecule has 0 radical (unpaired) electrons. The molecule has 152 valence electrons. The van der Waals surface area contributed by atoms with Crippen LogP contribution >= 0.6 is 46.1 Å². The lowest BCUT2D eigenvalue weighted by Crippen LogP contribution is -2.61. The van der Waals surface area contributed by atoms with Gasteiger partial charge in [-0.3, -0.25) is 4.79 Å². The fraction of sp³-hybridized carbons (Fsp3) is 0.333. The molecule has 1 fully saturated rings. The minimum atomic E-state index is -1.65. The number of nitrogens with zero attached hydrogens (tertiary/aromatic N) is 3. The fourth-order valence-electron chi connectivity index (χ4n) is 3.66. The first-order chi connectivity index (χ1) is 13.9. The number of benzene rings is 2. The van der Waals surface area contributed by atoms with Crippen LogP contribution in [0.2, 0.25) is 0 Å². The van der Waals surface area contributed by atoms with Gasteiger partial charge in [0.15, 0.2) is 11.3 Å². The third-order valence-corrected chi connectivity index (χ3v) is 6.66. The van der Waals surface area contributed by atoms with Gasteiger partial charge in [-0.05, 0) is 30.5 Å². The van der Waals surface area contributed by atoms with Gasteiger partial charge in [0.1, 0.15) is 0 Å². The number of carbonyl (C=O) groups is 1. The van der Waals surface area contributed by atoms with Crippen molar-refractivity contribution in [2.24, 2.45) is 0 Å². The van der Waals surface area contributed by atoms with Crippen molar-refractivity contribution in [2.45, 2.75) is 29.2 Å². The average molecular weight is 469 g/mol. The molecule has 29 heavy (non-hydrogen) atoms. The minimum absolute atomic E-state index is 0.0176. The molecule has 4 rings (SSSR count). The number of rotatable bonds is 4. The van der Waals surface area contributed by atoms with E-state index in [1.54, 1.807) is 16.2 Å². The number of hydrogen-bond donors (Lipinski definition) is 0. The number of amides is 1. The molecule has 0 spiro atoms. The summed E-state index contributed by atoms with van der Waals surface area (Å²) in [5, 5.41) is 0.767. The highest BCUT2D eigenvalue weighted by molar-refractivity contribution is 7.22. The summed E-state index contributed by atoms with van der Waals surface area (Å²) in [6.45, 7) is 1.24. The summed E-state index contributed by atoms with van der Waals surface area (Å²) in [6.07, 6.45) is 1.13. The van der Waals surface area contributed by atoms with Crippen LogP contribution in [0.5, 0.6) is 0 Å². The molecule has 0 N–H and O–H groups in total. The SMILES string of the molecule is O=C(CCc1ccccc1)N1CCCN(c2nc3ccccc3s2)C1C(Cl)(Cl)Cl. The van der Waals surface area contributed by atoms with Crippen molar-refractivity contribution in [1.29, 1.82) is 0 Å². The van der Waals surface area contributed by atoms with E-state index in [4.69, 9.17) is 39.8 Å². The monoisotopic (exact) mass is 467 g/mol. The summed E-state index contributed by atoms with van der Waals surface area (Å²) < 4.78 is -0.584. The molecule has 2 aromatic carbocycles. The summed E-state index contributed by atoms with van der Waals surface area (Å²) in [5.41, 5.74) is 2.02. The Labute approximate surface area is 189 Å². The number of alkyl halides is 3. The van der Waals surface area contributed by atoms with Gasteiger partial charge in [-0.25, -0.2) is 4.98 Å². The van der Waals surface area contributed by atoms with Crippen LogP contribution in [-0.2, 0) is 11.2 Å². The van der Waals surface area contributed by atoms with Crippen molar-refractivity contribution in [2.75, 3.05) is 18.0 Å². The van der Waals surface area contributed by atoms with Gasteiger partial charge in [0.25, 0.3) is 0 Å². The van der Waals surface area contributed by atoms with Crippen molar-refractivity contribution in [3.63, 3.8) is 0 Å². The maximum atomic E-state index is 13.1. The third-order valence-electron chi connectivity index (χ3n) is 5.00. The quantitative estimate of drug-likeness (QED) is 0.463. The van der Waals surface area contributed by atoms with E-state index >= 15 is 0 Å². The minimum Gasteiger partial charge on any atom is -0.323 e. The van der Waals surface area contributed by atoms with E-state index < -0.39 is 9.96 Å². The highest BCUT2D eigenvalue weighted by Gasteiger charge is 2.46. The first-order valence-electron chi connectivity index (χ1n) is 9.46. The topological polar surface area (TPSA) is 36.4 Å². The molecule has 1 unspecified atom stereocenters. The lowest BCUT2D eigenvalue weighted by Gasteiger charge is -2.46. The summed E-state index contributed by atoms with van der Waals surface area (Å²) in [7, 11) is 0. The highest BCUT2D eigenvalue weighted by atomic mass is 35.6. The summed E-state index contributed by atoms with van der Waals surface area (Å²) >= 11 is 20.7. The van der Waals surface area contributed by atoms with Gasteiger partial charge >= 0.3 is 0 Å². The second kappa shape index (κ2) is 8.68. The summed E-state index contributed by atoms with van der Waals surface area (Å²) in [5.74, 6) is -0.0176. The predicted molar refractivity (Wildman–Crippen MR) is 122 cm³/mol. The van der Waals surface area contributed by atoms with Crippen LogP contribution in [0, 0.1) is 0 Å². The van der Waals surface area contributed by atoms with Gasteiger partial charge in [0.05, 0.1) is 10.2 Å². The normalized spacial score (nSPS) is 17.7. The molecule has 1 saturated heterocycles. The van der Waals surface area contributed by atoms with Crippen LogP contribution in [0.15, 0.2) is 54.6 Å². The van der Waals surface area contributed by atoms with Crippen LogP contribution < -0.4 is 4.90 Å². The van der Waals surface area contributed by atoms with Crippen LogP contribution in [-0.4, -0.2) is 38.8 Å². The second-order valence-electron chi connectivity index (χ2n) is 7.00. The Kier molecular flexibility index (Phi) is 6.21. The van der Waals surface area contributed by atoms with Crippen LogP contribution in [0.4, 0.5) is 5.13 Å². The second-order valence-corrected chi connectivity index (χ2v) is 10.4. The molecular formula is C21H20Cl3N3OS. The molecule has 1 aliphatic heterocycles. The van der Waals surface area contributed by atoms with Crippen molar-refractivity contribution >= 4 is 67.4 Å². The van der Waals surface area contributed by atoms with Crippen LogP contribution in [0.25, 0.3) is 10.2 Å². The van der Waals surface area contributed by atoms with Gasteiger partial charge in [-0.15, -0.1) is 0 Å². The number of fused-ring (bicyclic) bond motifs is 1. The number of aryl methyl sites for hydroxylation is 1. The molecule has 8 heteroatoms. The van der Waals surface area contributed by atoms with Gasteiger partial charge in [0.2, 0.25) is 9.70 Å². The third kappa shape index (κ3) is 4.64. The van der Waals surface area contributed by atoms with Crippen LogP contribution in [0.1, 0.15) is 18.4 Å². The standard InChI is InChI=1S/C21H20Cl3N3OS/c22-21(23,24)19-26(18(28)12-11-15-7-2-1-3-8-15)13-6-14-27(19)20-25-16-9-4-5-10-17(16)29-20/h1-5,7-10,19H,6,11-14H2. The zero-order valence-corrected chi connectivity index (χ0v) is 18.7. The molecule has 1 atom stereocenters. The number of carbonyl (C=O) groups excluding carboxylic acids is 1. The van der Waals surface area contributed by atoms with Gasteiger partial charge in [-0.2, -0.15) is 0 Å². The fourth-order valence-corrected chi connectivity index (χ4v) is 5.38. The van der Waals surface area contributed by atoms with Gasteiger partial charge in [-0.1, -0.05) is 88.6 Å². The number of para-hydroxylation sites is 1. The smallest absolute Gasteiger partial charge is 0.228 e. The zero-order valence-electron chi connectivity index (χ0n) is 15.6. The van der Waals surface area contributed by atoms with E-state index in [2.05, 4.69) is 0 Å². The molecule has 3 aromatic rings. The number of halogens is 3. The van der Waals surface area contributed by atoms with Gasteiger partial charge < -0.3 is 9.80 Å². The van der Waals surface area contributed by atoms with Crippen molar-refractivity contribution < 1.29 is 4.79 Å². The number of aromatic nitrogens is 1. The highest BCUT2D eigenvalue weighted by Crippen LogP contribution is 2.41. The van der Waals surface area contributed by atoms with Gasteiger partial charge in [0, 0.05) is 19.5 Å². The Bertz CT molecular complexity index is 957. The Balaban J connectivity index is 1.58. The molecule has 0 aliphatic carbocycles. The number of thiazole rings is 1. The maximum absolute atomic E-state index is 13.1. The molecular weight excluding hydrogens is 449 g/mol.